The van der Waals surface area contributed by atoms with Crippen LogP contribution in [0.2, 0.25) is 0 Å². The number of aliphatic imine (C=N–C) groups is 1. The van der Waals surface area contributed by atoms with Gasteiger partial charge in [-0.2, -0.15) is 0 Å². The summed E-state index contributed by atoms with van der Waals surface area (Å²) >= 11 is 0. The molecule has 0 amide bonds. The Morgan fingerprint density at radius 3 is 2.78 bits per heavy atom. The number of nitro benzene ring substituents is 1. The molecule has 27 heavy (non-hydrogen) atoms. The second kappa shape index (κ2) is 9.55. The predicted molar refractivity (Wildman–Crippen MR) is 108 cm³/mol. The molecule has 0 radical (unpaired) electrons. The number of hydrogen-bond acceptors (Lipinski definition) is 5. The van der Waals surface area contributed by atoms with E-state index in [0.717, 1.165) is 25.0 Å². The van der Waals surface area contributed by atoms with Crippen molar-refractivity contribution >= 4 is 17.3 Å². The molecule has 3 rings (SSSR count). The maximum absolute atomic E-state index is 11.0. The van der Waals surface area contributed by atoms with Crippen LogP contribution in [0.25, 0.3) is 0 Å². The van der Waals surface area contributed by atoms with Crippen molar-refractivity contribution in [2.45, 2.75) is 44.2 Å². The monoisotopic (exact) mass is 374 g/mol. The van der Waals surface area contributed by atoms with E-state index < -0.39 is 0 Å². The van der Waals surface area contributed by atoms with E-state index >= 15 is 0 Å². The molecule has 1 heterocycles. The number of guanidine groups is 1. The summed E-state index contributed by atoms with van der Waals surface area (Å²) < 4.78 is 0. The number of benzene rings is 1. The molecule has 0 spiro atoms. The molecule has 1 saturated carbocycles. The third-order valence-electron chi connectivity index (χ3n) is 5.46. The lowest BCUT2D eigenvalue weighted by Gasteiger charge is -2.24. The van der Waals surface area contributed by atoms with Gasteiger partial charge < -0.3 is 16.0 Å². The van der Waals surface area contributed by atoms with Crippen molar-refractivity contribution in [3.63, 3.8) is 0 Å². The lowest BCUT2D eigenvalue weighted by Crippen LogP contribution is -2.46. The quantitative estimate of drug-likeness (QED) is 0.223. The van der Waals surface area contributed by atoms with E-state index in [-0.39, 0.29) is 10.6 Å². The number of para-hydroxylation sites is 2. The Balaban J connectivity index is 1.39. The van der Waals surface area contributed by atoms with Crippen LogP contribution in [0, 0.1) is 10.1 Å². The first-order valence-corrected chi connectivity index (χ1v) is 9.86. The molecule has 1 aliphatic heterocycles. The van der Waals surface area contributed by atoms with E-state index in [4.69, 9.17) is 0 Å². The van der Waals surface area contributed by atoms with Crippen molar-refractivity contribution in [3.8, 4) is 0 Å². The fourth-order valence-electron chi connectivity index (χ4n) is 4.05. The highest BCUT2D eigenvalue weighted by Crippen LogP contribution is 2.26. The number of rotatable bonds is 7. The number of anilines is 1. The first-order chi connectivity index (χ1) is 13.2. The predicted octanol–water partition coefficient (Wildman–Crippen LogP) is 2.19. The molecular formula is C19H30N6O2. The van der Waals surface area contributed by atoms with Gasteiger partial charge in [0, 0.05) is 51.4 Å². The molecule has 8 heteroatoms. The van der Waals surface area contributed by atoms with Gasteiger partial charge in [-0.15, -0.1) is 0 Å². The Labute approximate surface area is 160 Å². The van der Waals surface area contributed by atoms with E-state index in [0.29, 0.717) is 24.8 Å². The van der Waals surface area contributed by atoms with Gasteiger partial charge in [-0.05, 0) is 25.3 Å². The van der Waals surface area contributed by atoms with Crippen molar-refractivity contribution in [1.29, 1.82) is 0 Å². The molecule has 0 aromatic heterocycles. The molecule has 3 N–H and O–H groups in total. The Morgan fingerprint density at radius 1 is 1.26 bits per heavy atom. The summed E-state index contributed by atoms with van der Waals surface area (Å²) in [5.74, 6) is 0.789. The molecule has 2 aliphatic rings. The van der Waals surface area contributed by atoms with E-state index in [9.17, 15) is 10.1 Å². The van der Waals surface area contributed by atoms with E-state index in [2.05, 4.69) is 25.8 Å². The van der Waals surface area contributed by atoms with Crippen LogP contribution in [-0.2, 0) is 0 Å². The highest BCUT2D eigenvalue weighted by atomic mass is 16.6. The van der Waals surface area contributed by atoms with Crippen LogP contribution >= 0.6 is 0 Å². The summed E-state index contributed by atoms with van der Waals surface area (Å²) in [6.45, 7) is 3.45. The fourth-order valence-corrected chi connectivity index (χ4v) is 4.05. The maximum atomic E-state index is 11.0. The Hall–Kier alpha value is -2.35. The minimum absolute atomic E-state index is 0.0953. The van der Waals surface area contributed by atoms with E-state index in [1.165, 1.54) is 38.3 Å². The van der Waals surface area contributed by atoms with E-state index in [1.807, 2.05) is 0 Å². The fraction of sp³-hybridized carbons (Fsp3) is 0.632. The molecule has 0 bridgehead atoms. The topological polar surface area (TPSA) is 94.8 Å². The second-order valence-electron chi connectivity index (χ2n) is 7.26. The largest absolute Gasteiger partial charge is 0.378 e. The molecule has 1 unspecified atom stereocenters. The molecule has 1 saturated heterocycles. The highest BCUT2D eigenvalue weighted by molar-refractivity contribution is 5.80. The summed E-state index contributed by atoms with van der Waals surface area (Å²) in [5.41, 5.74) is 0.633. The number of nitro groups is 1. The van der Waals surface area contributed by atoms with Crippen LogP contribution in [0.15, 0.2) is 29.3 Å². The molecule has 8 nitrogen and oxygen atoms in total. The molecule has 1 aliphatic carbocycles. The first-order valence-electron chi connectivity index (χ1n) is 9.86. The summed E-state index contributed by atoms with van der Waals surface area (Å²) in [4.78, 5) is 17.6. The molecule has 2 fully saturated rings. The summed E-state index contributed by atoms with van der Waals surface area (Å²) in [6, 6.07) is 7.90. The van der Waals surface area contributed by atoms with Crippen molar-refractivity contribution in [2.24, 2.45) is 4.99 Å². The third-order valence-corrected chi connectivity index (χ3v) is 5.46. The number of nitrogens with zero attached hydrogens (tertiary/aromatic N) is 3. The minimum Gasteiger partial charge on any atom is -0.378 e. The minimum atomic E-state index is -0.369. The molecule has 1 atom stereocenters. The van der Waals surface area contributed by atoms with Gasteiger partial charge in [0.2, 0.25) is 0 Å². The average Bonchev–Trinajstić information content (AvgIpc) is 3.36. The van der Waals surface area contributed by atoms with Gasteiger partial charge in [-0.1, -0.05) is 25.0 Å². The molecule has 1 aromatic rings. The van der Waals surface area contributed by atoms with Crippen LogP contribution in [0.4, 0.5) is 11.4 Å². The van der Waals surface area contributed by atoms with Gasteiger partial charge in [0.05, 0.1) is 4.92 Å². The van der Waals surface area contributed by atoms with Gasteiger partial charge in [-0.25, -0.2) is 0 Å². The third kappa shape index (κ3) is 5.32. The van der Waals surface area contributed by atoms with Gasteiger partial charge in [0.25, 0.3) is 5.69 Å². The van der Waals surface area contributed by atoms with Crippen LogP contribution in [0.3, 0.4) is 0 Å². The first kappa shape index (κ1) is 19.4. The summed E-state index contributed by atoms with van der Waals surface area (Å²) in [6.07, 6.45) is 6.57. The van der Waals surface area contributed by atoms with Crippen LogP contribution < -0.4 is 16.0 Å². The van der Waals surface area contributed by atoms with Crippen LogP contribution in [0.1, 0.15) is 32.1 Å². The number of likely N-dealkylation sites (tertiary alicyclic amines) is 1. The van der Waals surface area contributed by atoms with Gasteiger partial charge in [0.1, 0.15) is 5.69 Å². The zero-order valence-corrected chi connectivity index (χ0v) is 16.0. The van der Waals surface area contributed by atoms with E-state index in [1.54, 1.807) is 25.2 Å². The van der Waals surface area contributed by atoms with Crippen molar-refractivity contribution < 1.29 is 4.92 Å². The normalized spacial score (nSPS) is 21.4. The number of hydrogen-bond donors (Lipinski definition) is 3. The van der Waals surface area contributed by atoms with Crippen molar-refractivity contribution in [3.05, 3.63) is 34.4 Å². The highest BCUT2D eigenvalue weighted by Gasteiger charge is 2.30. The number of nitrogens with one attached hydrogen (secondary N) is 3. The molecule has 1 aromatic carbocycles. The van der Waals surface area contributed by atoms with Crippen molar-refractivity contribution in [2.75, 3.05) is 38.5 Å². The standard InChI is InChI=1S/C19H30N6O2/c1-20-19(23-15-10-13-24(14-15)16-6-2-3-7-16)22-12-11-21-17-8-4-5-9-18(17)25(26)27/h4-5,8-9,15-16,21H,2-3,6-7,10-14H2,1H3,(H2,20,22,23). The zero-order valence-electron chi connectivity index (χ0n) is 16.0. The molecule has 148 valence electrons. The van der Waals surface area contributed by atoms with Gasteiger partial charge >= 0.3 is 0 Å². The average molecular weight is 374 g/mol. The van der Waals surface area contributed by atoms with Gasteiger partial charge in [0.15, 0.2) is 5.96 Å². The zero-order chi connectivity index (χ0) is 19.1. The lowest BCUT2D eigenvalue weighted by molar-refractivity contribution is -0.384. The maximum Gasteiger partial charge on any atom is 0.292 e. The van der Waals surface area contributed by atoms with Crippen molar-refractivity contribution in [1.82, 2.24) is 15.5 Å². The SMILES string of the molecule is CN=C(NCCNc1ccccc1[N+](=O)[O-])NC1CCN(C2CCCC2)C1. The van der Waals surface area contributed by atoms with Gasteiger partial charge in [-0.3, -0.25) is 20.0 Å². The Bertz CT molecular complexity index is 659. The Morgan fingerprint density at radius 2 is 2.04 bits per heavy atom. The summed E-state index contributed by atoms with van der Waals surface area (Å²) in [7, 11) is 1.77. The second-order valence-corrected chi connectivity index (χ2v) is 7.26. The molecular weight excluding hydrogens is 344 g/mol. The lowest BCUT2D eigenvalue weighted by atomic mass is 10.2. The smallest absolute Gasteiger partial charge is 0.292 e. The Kier molecular flexibility index (Phi) is 6.86. The summed E-state index contributed by atoms with van der Waals surface area (Å²) in [5, 5.41) is 21.0. The van der Waals surface area contributed by atoms with Crippen LogP contribution in [-0.4, -0.2) is 61.1 Å². The van der Waals surface area contributed by atoms with Crippen LogP contribution in [0.5, 0.6) is 0 Å².